The summed E-state index contributed by atoms with van der Waals surface area (Å²) in [4.78, 5) is 0. The second-order valence-electron chi connectivity index (χ2n) is 4.67. The molecule has 0 aliphatic heterocycles. The largest absolute Gasteiger partial charge is 0.306 e. The lowest BCUT2D eigenvalue weighted by molar-refractivity contribution is 0.603. The second kappa shape index (κ2) is 6.70. The van der Waals surface area contributed by atoms with Gasteiger partial charge in [-0.2, -0.15) is 0 Å². The molecule has 0 aromatic heterocycles. The molecule has 0 fully saturated rings. The number of nitrogens with one attached hydrogen (secondary N) is 1. The van der Waals surface area contributed by atoms with Gasteiger partial charge in [-0.25, -0.2) is 4.39 Å². The minimum absolute atomic E-state index is 0.116. The summed E-state index contributed by atoms with van der Waals surface area (Å²) in [6, 6.07) is 10.5. The van der Waals surface area contributed by atoms with Crippen LogP contribution in [0.5, 0.6) is 0 Å². The molecular formula is C16H16BrClFN. The maximum absolute atomic E-state index is 13.5. The van der Waals surface area contributed by atoms with Crippen molar-refractivity contribution in [3.63, 3.8) is 0 Å². The molecule has 2 aromatic rings. The molecule has 2 rings (SSSR count). The van der Waals surface area contributed by atoms with Crippen LogP contribution in [-0.2, 0) is 0 Å². The number of aryl methyl sites for hydroxylation is 1. The highest BCUT2D eigenvalue weighted by molar-refractivity contribution is 9.10. The molecule has 106 valence electrons. The molecule has 0 heterocycles. The molecule has 1 atom stereocenters. The SMILES string of the molecule is CCNC(c1ccc(Br)c(C)c1)c1cc(F)ccc1Cl. The molecule has 0 saturated heterocycles. The molecule has 4 heteroatoms. The summed E-state index contributed by atoms with van der Waals surface area (Å²) in [5, 5.41) is 3.93. The van der Waals surface area contributed by atoms with E-state index >= 15 is 0 Å². The van der Waals surface area contributed by atoms with Crippen LogP contribution in [0.15, 0.2) is 40.9 Å². The summed E-state index contributed by atoms with van der Waals surface area (Å²) >= 11 is 9.73. The molecule has 0 aliphatic carbocycles. The van der Waals surface area contributed by atoms with Crippen LogP contribution in [0.25, 0.3) is 0 Å². The smallest absolute Gasteiger partial charge is 0.123 e. The van der Waals surface area contributed by atoms with Gasteiger partial charge in [0, 0.05) is 9.50 Å². The maximum Gasteiger partial charge on any atom is 0.123 e. The van der Waals surface area contributed by atoms with Gasteiger partial charge in [-0.05, 0) is 54.4 Å². The zero-order valence-corrected chi connectivity index (χ0v) is 13.7. The lowest BCUT2D eigenvalue weighted by Gasteiger charge is -2.21. The molecule has 0 radical (unpaired) electrons. The van der Waals surface area contributed by atoms with Gasteiger partial charge in [-0.1, -0.05) is 46.6 Å². The minimum atomic E-state index is -0.277. The van der Waals surface area contributed by atoms with Gasteiger partial charge in [0.15, 0.2) is 0 Å². The predicted octanol–water partition coefficient (Wildman–Crippen LogP) is 5.25. The first-order valence-corrected chi connectivity index (χ1v) is 7.64. The number of benzene rings is 2. The van der Waals surface area contributed by atoms with Crippen molar-refractivity contribution < 1.29 is 4.39 Å². The van der Waals surface area contributed by atoms with E-state index in [-0.39, 0.29) is 11.9 Å². The van der Waals surface area contributed by atoms with Gasteiger partial charge in [0.2, 0.25) is 0 Å². The Morgan fingerprint density at radius 2 is 2.00 bits per heavy atom. The molecule has 1 nitrogen and oxygen atoms in total. The van der Waals surface area contributed by atoms with Crippen LogP contribution < -0.4 is 5.32 Å². The van der Waals surface area contributed by atoms with Crippen LogP contribution in [0.1, 0.15) is 29.7 Å². The van der Waals surface area contributed by atoms with Crippen LogP contribution in [0.3, 0.4) is 0 Å². The lowest BCUT2D eigenvalue weighted by Crippen LogP contribution is -2.22. The third-order valence-corrected chi connectivity index (χ3v) is 4.43. The summed E-state index contributed by atoms with van der Waals surface area (Å²) in [6.07, 6.45) is 0. The van der Waals surface area contributed by atoms with E-state index in [0.717, 1.165) is 27.7 Å². The van der Waals surface area contributed by atoms with Crippen LogP contribution >= 0.6 is 27.5 Å². The Hall–Kier alpha value is -0.900. The Bertz CT molecular complexity index is 615. The van der Waals surface area contributed by atoms with Crippen LogP contribution in [0, 0.1) is 12.7 Å². The first-order valence-electron chi connectivity index (χ1n) is 6.47. The van der Waals surface area contributed by atoms with E-state index in [1.165, 1.54) is 12.1 Å². The number of hydrogen-bond acceptors (Lipinski definition) is 1. The number of rotatable bonds is 4. The van der Waals surface area contributed by atoms with E-state index in [1.807, 2.05) is 26.0 Å². The van der Waals surface area contributed by atoms with Gasteiger partial charge in [0.05, 0.1) is 6.04 Å². The van der Waals surface area contributed by atoms with Crippen molar-refractivity contribution in [2.45, 2.75) is 19.9 Å². The highest BCUT2D eigenvalue weighted by atomic mass is 79.9. The summed E-state index contributed by atoms with van der Waals surface area (Å²) in [7, 11) is 0. The molecule has 1 unspecified atom stereocenters. The summed E-state index contributed by atoms with van der Waals surface area (Å²) in [6.45, 7) is 4.82. The second-order valence-corrected chi connectivity index (χ2v) is 5.93. The van der Waals surface area contributed by atoms with E-state index in [4.69, 9.17) is 11.6 Å². The topological polar surface area (TPSA) is 12.0 Å². The van der Waals surface area contributed by atoms with E-state index in [9.17, 15) is 4.39 Å². The summed E-state index contributed by atoms with van der Waals surface area (Å²) in [5.41, 5.74) is 2.97. The molecule has 1 N–H and O–H groups in total. The van der Waals surface area contributed by atoms with Crippen LogP contribution in [-0.4, -0.2) is 6.54 Å². The maximum atomic E-state index is 13.5. The third-order valence-electron chi connectivity index (χ3n) is 3.19. The summed E-state index contributed by atoms with van der Waals surface area (Å²) < 4.78 is 14.6. The van der Waals surface area contributed by atoms with Gasteiger partial charge in [-0.3, -0.25) is 0 Å². The monoisotopic (exact) mass is 355 g/mol. The van der Waals surface area contributed by atoms with Crippen molar-refractivity contribution in [1.82, 2.24) is 5.32 Å². The Labute approximate surface area is 132 Å². The normalized spacial score (nSPS) is 12.4. The molecule has 2 aromatic carbocycles. The van der Waals surface area contributed by atoms with E-state index < -0.39 is 0 Å². The van der Waals surface area contributed by atoms with E-state index in [0.29, 0.717) is 5.02 Å². The quantitative estimate of drug-likeness (QED) is 0.789. The van der Waals surface area contributed by atoms with Crippen molar-refractivity contribution >= 4 is 27.5 Å². The average molecular weight is 357 g/mol. The number of hydrogen-bond donors (Lipinski definition) is 1. The lowest BCUT2D eigenvalue weighted by atomic mass is 9.97. The molecule has 0 aliphatic rings. The molecular weight excluding hydrogens is 341 g/mol. The Kier molecular flexibility index (Phi) is 5.19. The fourth-order valence-corrected chi connectivity index (χ4v) is 2.67. The van der Waals surface area contributed by atoms with Crippen molar-refractivity contribution in [2.75, 3.05) is 6.54 Å². The third kappa shape index (κ3) is 3.40. The highest BCUT2D eigenvalue weighted by Gasteiger charge is 2.17. The minimum Gasteiger partial charge on any atom is -0.306 e. The van der Waals surface area contributed by atoms with Crippen molar-refractivity contribution in [1.29, 1.82) is 0 Å². The van der Waals surface area contributed by atoms with E-state index in [2.05, 4.69) is 27.3 Å². The first-order chi connectivity index (χ1) is 9.52. The van der Waals surface area contributed by atoms with Crippen LogP contribution in [0.2, 0.25) is 5.02 Å². The molecule has 0 bridgehead atoms. The fraction of sp³-hybridized carbons (Fsp3) is 0.250. The predicted molar refractivity (Wildman–Crippen MR) is 85.8 cm³/mol. The molecule has 20 heavy (non-hydrogen) atoms. The van der Waals surface area contributed by atoms with Gasteiger partial charge >= 0.3 is 0 Å². The average Bonchev–Trinajstić information content (AvgIpc) is 2.42. The Balaban J connectivity index is 2.49. The Morgan fingerprint density at radius 3 is 2.65 bits per heavy atom. The fourth-order valence-electron chi connectivity index (χ4n) is 2.19. The summed E-state index contributed by atoms with van der Waals surface area (Å²) in [5.74, 6) is -0.277. The van der Waals surface area contributed by atoms with Gasteiger partial charge in [0.1, 0.15) is 5.82 Å². The zero-order valence-electron chi connectivity index (χ0n) is 11.4. The standard InChI is InChI=1S/C16H16BrClFN/c1-3-20-16(11-4-6-14(17)10(2)8-11)13-9-12(19)5-7-15(13)18/h4-9,16,20H,3H2,1-2H3. The number of halogens is 3. The van der Waals surface area contributed by atoms with Gasteiger partial charge < -0.3 is 5.32 Å². The molecule has 0 saturated carbocycles. The van der Waals surface area contributed by atoms with Crippen molar-refractivity contribution in [3.05, 3.63) is 68.4 Å². The van der Waals surface area contributed by atoms with Crippen molar-refractivity contribution in [2.24, 2.45) is 0 Å². The highest BCUT2D eigenvalue weighted by Crippen LogP contribution is 2.30. The van der Waals surface area contributed by atoms with Crippen molar-refractivity contribution in [3.8, 4) is 0 Å². The first kappa shape index (κ1) is 15.5. The Morgan fingerprint density at radius 1 is 1.25 bits per heavy atom. The zero-order chi connectivity index (χ0) is 14.7. The van der Waals surface area contributed by atoms with Crippen LogP contribution in [0.4, 0.5) is 4.39 Å². The molecule has 0 spiro atoms. The van der Waals surface area contributed by atoms with Gasteiger partial charge in [-0.15, -0.1) is 0 Å². The van der Waals surface area contributed by atoms with E-state index in [1.54, 1.807) is 6.07 Å². The van der Waals surface area contributed by atoms with Gasteiger partial charge in [0.25, 0.3) is 0 Å². The molecule has 0 amide bonds.